The molecule has 1 aliphatic rings. The number of fused-ring (bicyclic) bond motifs is 3. The summed E-state index contributed by atoms with van der Waals surface area (Å²) < 4.78 is 11.3. The van der Waals surface area contributed by atoms with E-state index >= 15 is 0 Å². The maximum Gasteiger partial charge on any atom is 0.135 e. The Morgan fingerprint density at radius 2 is 1.71 bits per heavy atom. The summed E-state index contributed by atoms with van der Waals surface area (Å²) in [4.78, 5) is 0. The Labute approximate surface area is 123 Å². The van der Waals surface area contributed by atoms with E-state index < -0.39 is 0 Å². The predicted molar refractivity (Wildman–Crippen MR) is 84.2 cm³/mol. The molecular formula is C18H19NO2. The molecule has 1 aliphatic heterocycles. The summed E-state index contributed by atoms with van der Waals surface area (Å²) in [5.74, 6) is 0.509. The smallest absolute Gasteiger partial charge is 0.135 e. The monoisotopic (exact) mass is 281 g/mol. The second-order valence-electron chi connectivity index (χ2n) is 5.83. The van der Waals surface area contributed by atoms with Crippen LogP contribution in [0.25, 0.3) is 21.9 Å². The minimum atomic E-state index is 0.0759. The normalized spacial score (nSPS) is 18.3. The number of furan rings is 1. The Kier molecular flexibility index (Phi) is 3.17. The van der Waals surface area contributed by atoms with Crippen molar-refractivity contribution in [2.45, 2.75) is 18.9 Å². The van der Waals surface area contributed by atoms with Gasteiger partial charge in [-0.15, -0.1) is 0 Å². The zero-order chi connectivity index (χ0) is 14.2. The van der Waals surface area contributed by atoms with Gasteiger partial charge in [-0.2, -0.15) is 0 Å². The van der Waals surface area contributed by atoms with Gasteiger partial charge in [0.2, 0.25) is 0 Å². The average Bonchev–Trinajstić information content (AvgIpc) is 2.93. The van der Waals surface area contributed by atoms with Crippen LogP contribution < -0.4 is 5.73 Å². The molecule has 1 aromatic heterocycles. The summed E-state index contributed by atoms with van der Waals surface area (Å²) in [6.07, 6.45) is 2.09. The molecular weight excluding hydrogens is 262 g/mol. The molecule has 2 heterocycles. The molecule has 21 heavy (non-hydrogen) atoms. The Bertz CT molecular complexity index is 771. The fourth-order valence-electron chi connectivity index (χ4n) is 3.30. The van der Waals surface area contributed by atoms with Crippen LogP contribution in [0.4, 0.5) is 0 Å². The highest BCUT2D eigenvalue weighted by Gasteiger charge is 2.22. The summed E-state index contributed by atoms with van der Waals surface area (Å²) in [5, 5.41) is 2.32. The Balaban J connectivity index is 1.76. The van der Waals surface area contributed by atoms with E-state index in [1.807, 2.05) is 24.3 Å². The molecule has 0 radical (unpaired) electrons. The van der Waals surface area contributed by atoms with Crippen molar-refractivity contribution >= 4 is 21.9 Å². The second kappa shape index (κ2) is 5.17. The van der Waals surface area contributed by atoms with Gasteiger partial charge in [0.1, 0.15) is 11.2 Å². The van der Waals surface area contributed by atoms with Crippen molar-refractivity contribution in [3.8, 4) is 0 Å². The van der Waals surface area contributed by atoms with Crippen molar-refractivity contribution in [3.63, 3.8) is 0 Å². The summed E-state index contributed by atoms with van der Waals surface area (Å²) >= 11 is 0. The fourth-order valence-corrected chi connectivity index (χ4v) is 3.30. The van der Waals surface area contributed by atoms with E-state index in [0.29, 0.717) is 5.92 Å². The van der Waals surface area contributed by atoms with Gasteiger partial charge >= 0.3 is 0 Å². The molecule has 3 aromatic rings. The van der Waals surface area contributed by atoms with Crippen LogP contribution in [0, 0.1) is 5.92 Å². The molecule has 1 atom stereocenters. The highest BCUT2D eigenvalue weighted by atomic mass is 16.5. The molecule has 1 unspecified atom stereocenters. The number of hydrogen-bond donors (Lipinski definition) is 1. The van der Waals surface area contributed by atoms with Gasteiger partial charge in [0.05, 0.1) is 0 Å². The van der Waals surface area contributed by atoms with Crippen molar-refractivity contribution in [1.29, 1.82) is 0 Å². The number of hydrogen-bond acceptors (Lipinski definition) is 3. The highest BCUT2D eigenvalue weighted by molar-refractivity contribution is 6.05. The second-order valence-corrected chi connectivity index (χ2v) is 5.83. The lowest BCUT2D eigenvalue weighted by atomic mass is 9.87. The number of benzene rings is 2. The van der Waals surface area contributed by atoms with Crippen LogP contribution in [-0.2, 0) is 4.74 Å². The van der Waals surface area contributed by atoms with Crippen LogP contribution in [0.1, 0.15) is 24.4 Å². The summed E-state index contributed by atoms with van der Waals surface area (Å²) in [6, 6.07) is 14.6. The topological polar surface area (TPSA) is 48.4 Å². The Morgan fingerprint density at radius 3 is 2.57 bits per heavy atom. The summed E-state index contributed by atoms with van der Waals surface area (Å²) in [6.45, 7) is 1.66. The van der Waals surface area contributed by atoms with Crippen LogP contribution in [0.5, 0.6) is 0 Å². The molecule has 108 valence electrons. The van der Waals surface area contributed by atoms with E-state index in [1.165, 1.54) is 5.56 Å². The molecule has 2 N–H and O–H groups in total. The number of ether oxygens (including phenoxy) is 1. The molecule has 2 aromatic carbocycles. The quantitative estimate of drug-likeness (QED) is 0.772. The van der Waals surface area contributed by atoms with Crippen LogP contribution in [0.2, 0.25) is 0 Å². The molecule has 3 nitrogen and oxygen atoms in total. The lowest BCUT2D eigenvalue weighted by Gasteiger charge is -2.27. The third-order valence-corrected chi connectivity index (χ3v) is 4.56. The first-order valence-corrected chi connectivity index (χ1v) is 7.57. The number of para-hydroxylation sites is 1. The first-order chi connectivity index (χ1) is 10.3. The molecule has 4 rings (SSSR count). The molecule has 0 spiro atoms. The number of rotatable bonds is 2. The van der Waals surface area contributed by atoms with Gasteiger partial charge < -0.3 is 14.9 Å². The van der Waals surface area contributed by atoms with E-state index in [9.17, 15) is 0 Å². The lowest BCUT2D eigenvalue weighted by Crippen LogP contribution is -2.27. The number of nitrogens with two attached hydrogens (primary N) is 1. The van der Waals surface area contributed by atoms with E-state index in [2.05, 4.69) is 18.2 Å². The van der Waals surface area contributed by atoms with Crippen molar-refractivity contribution in [2.75, 3.05) is 13.2 Å². The third kappa shape index (κ3) is 2.23. The Hall–Kier alpha value is -1.84. The van der Waals surface area contributed by atoms with Gasteiger partial charge in [0.15, 0.2) is 0 Å². The molecule has 0 amide bonds. The SMILES string of the molecule is NC(c1ccc2oc3ccccc3c2c1)C1CCOCC1. The van der Waals surface area contributed by atoms with Gasteiger partial charge in [-0.25, -0.2) is 0 Å². The molecule has 1 saturated heterocycles. The van der Waals surface area contributed by atoms with E-state index in [1.54, 1.807) is 0 Å². The maximum absolute atomic E-state index is 6.49. The van der Waals surface area contributed by atoms with Crippen LogP contribution in [0.15, 0.2) is 46.9 Å². The molecule has 0 bridgehead atoms. The highest BCUT2D eigenvalue weighted by Crippen LogP contribution is 2.33. The van der Waals surface area contributed by atoms with Gasteiger partial charge in [-0.1, -0.05) is 24.3 Å². The van der Waals surface area contributed by atoms with E-state index in [-0.39, 0.29) is 6.04 Å². The van der Waals surface area contributed by atoms with Crippen LogP contribution >= 0.6 is 0 Å². The largest absolute Gasteiger partial charge is 0.456 e. The minimum Gasteiger partial charge on any atom is -0.456 e. The zero-order valence-corrected chi connectivity index (χ0v) is 11.9. The fraction of sp³-hybridized carbons (Fsp3) is 0.333. The molecule has 3 heteroatoms. The third-order valence-electron chi connectivity index (χ3n) is 4.56. The Morgan fingerprint density at radius 1 is 0.952 bits per heavy atom. The maximum atomic E-state index is 6.49. The summed E-state index contributed by atoms with van der Waals surface area (Å²) in [5.41, 5.74) is 9.55. The van der Waals surface area contributed by atoms with Crippen LogP contribution in [-0.4, -0.2) is 13.2 Å². The first-order valence-electron chi connectivity index (χ1n) is 7.57. The zero-order valence-electron chi connectivity index (χ0n) is 11.9. The standard InChI is InChI=1S/C18H19NO2/c19-18(12-7-9-20-10-8-12)13-5-6-17-15(11-13)14-3-1-2-4-16(14)21-17/h1-6,11-12,18H,7-10,19H2. The van der Waals surface area contributed by atoms with E-state index in [0.717, 1.165) is 48.0 Å². The van der Waals surface area contributed by atoms with E-state index in [4.69, 9.17) is 14.9 Å². The minimum absolute atomic E-state index is 0.0759. The lowest BCUT2D eigenvalue weighted by molar-refractivity contribution is 0.0584. The van der Waals surface area contributed by atoms with Crippen molar-refractivity contribution in [2.24, 2.45) is 11.7 Å². The molecule has 0 saturated carbocycles. The predicted octanol–water partition coefficient (Wildman–Crippen LogP) is 4.01. The molecule has 1 fully saturated rings. The van der Waals surface area contributed by atoms with Gasteiger partial charge in [-0.05, 0) is 42.5 Å². The van der Waals surface area contributed by atoms with Gasteiger partial charge in [0.25, 0.3) is 0 Å². The van der Waals surface area contributed by atoms with Crippen LogP contribution in [0.3, 0.4) is 0 Å². The van der Waals surface area contributed by atoms with Crippen molar-refractivity contribution < 1.29 is 9.15 Å². The molecule has 0 aliphatic carbocycles. The van der Waals surface area contributed by atoms with Crippen molar-refractivity contribution in [1.82, 2.24) is 0 Å². The van der Waals surface area contributed by atoms with Gasteiger partial charge in [0, 0.05) is 30.0 Å². The first kappa shape index (κ1) is 12.9. The van der Waals surface area contributed by atoms with Crippen molar-refractivity contribution in [3.05, 3.63) is 48.0 Å². The average molecular weight is 281 g/mol. The summed E-state index contributed by atoms with van der Waals surface area (Å²) in [7, 11) is 0. The van der Waals surface area contributed by atoms with Gasteiger partial charge in [-0.3, -0.25) is 0 Å².